The van der Waals surface area contributed by atoms with E-state index in [0.717, 1.165) is 46.1 Å². The molecule has 0 spiro atoms. The number of rotatable bonds is 6. The predicted octanol–water partition coefficient (Wildman–Crippen LogP) is 3.67. The van der Waals surface area contributed by atoms with Crippen molar-refractivity contribution in [1.82, 2.24) is 5.43 Å². The number of nitrogens with zero attached hydrogens (tertiary/aromatic N) is 1. The molecule has 148 valence electrons. The second-order valence-corrected chi connectivity index (χ2v) is 6.54. The van der Waals surface area contributed by atoms with E-state index >= 15 is 0 Å². The fourth-order valence-corrected chi connectivity index (χ4v) is 3.20. The van der Waals surface area contributed by atoms with Crippen LogP contribution in [-0.4, -0.2) is 40.2 Å². The lowest BCUT2D eigenvalue weighted by Crippen LogP contribution is -2.21. The number of allylic oxidation sites excluding steroid dienone is 1. The lowest BCUT2D eigenvalue weighted by molar-refractivity contribution is 0.354. The first-order chi connectivity index (χ1) is 13.6. The van der Waals surface area contributed by atoms with Crippen molar-refractivity contribution in [1.29, 1.82) is 0 Å². The number of fused-ring (bicyclic) bond motifs is 1. The first kappa shape index (κ1) is 19.6. The van der Waals surface area contributed by atoms with Gasteiger partial charge in [-0.3, -0.25) is 0 Å². The molecule has 0 amide bonds. The van der Waals surface area contributed by atoms with Gasteiger partial charge in [0.25, 0.3) is 0 Å². The normalized spacial score (nSPS) is 15.9. The molecule has 6 nitrogen and oxygen atoms in total. The summed E-state index contributed by atoms with van der Waals surface area (Å²) in [5.41, 5.74) is 7.12. The van der Waals surface area contributed by atoms with Gasteiger partial charge in [0, 0.05) is 23.2 Å². The third kappa shape index (κ3) is 4.06. The van der Waals surface area contributed by atoms with E-state index < -0.39 is 0 Å². The summed E-state index contributed by atoms with van der Waals surface area (Å²) < 4.78 is 21.7. The highest BCUT2D eigenvalue weighted by molar-refractivity contribution is 6.12. The topological polar surface area (TPSA) is 61.3 Å². The molecule has 28 heavy (non-hydrogen) atoms. The van der Waals surface area contributed by atoms with Crippen LogP contribution in [-0.2, 0) is 6.42 Å². The Balaban J connectivity index is 2.02. The molecule has 0 aromatic heterocycles. The molecule has 1 unspecified atom stereocenters. The van der Waals surface area contributed by atoms with Gasteiger partial charge >= 0.3 is 0 Å². The van der Waals surface area contributed by atoms with Gasteiger partial charge in [0.1, 0.15) is 11.5 Å². The van der Waals surface area contributed by atoms with E-state index in [1.54, 1.807) is 28.4 Å². The zero-order valence-electron chi connectivity index (χ0n) is 16.9. The summed E-state index contributed by atoms with van der Waals surface area (Å²) in [4.78, 5) is 0. The third-order valence-electron chi connectivity index (χ3n) is 4.68. The maximum atomic E-state index is 5.48. The number of benzene rings is 2. The fourth-order valence-electron chi connectivity index (χ4n) is 3.20. The van der Waals surface area contributed by atoms with Gasteiger partial charge in [0.05, 0.1) is 34.2 Å². The standard InChI is InChI=1S/C22H26N2O4/c1-14-10-16-11-21(27-4)22(28-5)13-18(16)19(24-23-14)9-7-15-6-8-17(25-2)12-20(15)26-3/h6-9,11-14,23H,10H2,1-5H3/b9-7+. The Morgan fingerprint density at radius 2 is 1.61 bits per heavy atom. The van der Waals surface area contributed by atoms with E-state index in [9.17, 15) is 0 Å². The van der Waals surface area contributed by atoms with Crippen molar-refractivity contribution >= 4 is 11.8 Å². The molecular weight excluding hydrogens is 356 g/mol. The average molecular weight is 382 g/mol. The van der Waals surface area contributed by atoms with E-state index in [1.165, 1.54) is 0 Å². The predicted molar refractivity (Wildman–Crippen MR) is 111 cm³/mol. The minimum Gasteiger partial charge on any atom is -0.497 e. The van der Waals surface area contributed by atoms with Crippen LogP contribution in [0.3, 0.4) is 0 Å². The van der Waals surface area contributed by atoms with E-state index in [4.69, 9.17) is 18.9 Å². The average Bonchev–Trinajstić information content (AvgIpc) is 2.88. The molecule has 0 fully saturated rings. The molecule has 0 bridgehead atoms. The van der Waals surface area contributed by atoms with E-state index in [2.05, 4.69) is 17.5 Å². The van der Waals surface area contributed by atoms with E-state index in [0.29, 0.717) is 5.75 Å². The number of hydrazone groups is 1. The zero-order valence-corrected chi connectivity index (χ0v) is 16.9. The molecule has 3 rings (SSSR count). The van der Waals surface area contributed by atoms with Crippen molar-refractivity contribution in [3.05, 3.63) is 53.1 Å². The Morgan fingerprint density at radius 1 is 0.893 bits per heavy atom. The third-order valence-corrected chi connectivity index (χ3v) is 4.68. The molecular formula is C22H26N2O4. The second kappa shape index (κ2) is 8.69. The van der Waals surface area contributed by atoms with Crippen LogP contribution in [0.4, 0.5) is 0 Å². The van der Waals surface area contributed by atoms with Gasteiger partial charge in [-0.05, 0) is 55.3 Å². The first-order valence-corrected chi connectivity index (χ1v) is 9.08. The highest BCUT2D eigenvalue weighted by Gasteiger charge is 2.19. The number of hydrogen-bond acceptors (Lipinski definition) is 6. The summed E-state index contributed by atoms with van der Waals surface area (Å²) in [7, 11) is 6.56. The quantitative estimate of drug-likeness (QED) is 0.826. The minimum atomic E-state index is 0.207. The van der Waals surface area contributed by atoms with Crippen LogP contribution in [0.5, 0.6) is 23.0 Å². The molecule has 2 aromatic rings. The molecule has 1 aliphatic rings. The highest BCUT2D eigenvalue weighted by Crippen LogP contribution is 2.33. The monoisotopic (exact) mass is 382 g/mol. The van der Waals surface area contributed by atoms with Crippen molar-refractivity contribution in [3.63, 3.8) is 0 Å². The summed E-state index contributed by atoms with van der Waals surface area (Å²) in [5.74, 6) is 2.88. The fraction of sp³-hybridized carbons (Fsp3) is 0.318. The molecule has 0 saturated carbocycles. The number of ether oxygens (including phenoxy) is 4. The van der Waals surface area contributed by atoms with Crippen molar-refractivity contribution in [2.75, 3.05) is 28.4 Å². The van der Waals surface area contributed by atoms with Crippen LogP contribution in [0.1, 0.15) is 23.6 Å². The van der Waals surface area contributed by atoms with Crippen LogP contribution in [0.2, 0.25) is 0 Å². The SMILES string of the molecule is COc1ccc(/C=C/C2=NNC(C)Cc3cc(OC)c(OC)cc32)c(OC)c1. The van der Waals surface area contributed by atoms with Crippen LogP contribution in [0.15, 0.2) is 41.5 Å². The van der Waals surface area contributed by atoms with Crippen molar-refractivity contribution in [2.24, 2.45) is 5.10 Å². The van der Waals surface area contributed by atoms with Gasteiger partial charge < -0.3 is 24.4 Å². The molecule has 1 atom stereocenters. The summed E-state index contributed by atoms with van der Waals surface area (Å²) in [5, 5.41) is 4.60. The van der Waals surface area contributed by atoms with Gasteiger partial charge in [0.2, 0.25) is 0 Å². The van der Waals surface area contributed by atoms with Crippen molar-refractivity contribution in [2.45, 2.75) is 19.4 Å². The van der Waals surface area contributed by atoms with Crippen molar-refractivity contribution in [3.8, 4) is 23.0 Å². The Hall–Kier alpha value is -3.15. The van der Waals surface area contributed by atoms with Crippen LogP contribution in [0.25, 0.3) is 6.08 Å². The Kier molecular flexibility index (Phi) is 6.09. The smallest absolute Gasteiger partial charge is 0.161 e. The van der Waals surface area contributed by atoms with Gasteiger partial charge in [0.15, 0.2) is 11.5 Å². The van der Waals surface area contributed by atoms with Crippen LogP contribution < -0.4 is 24.4 Å². The van der Waals surface area contributed by atoms with E-state index in [-0.39, 0.29) is 6.04 Å². The molecule has 0 saturated heterocycles. The number of nitrogens with one attached hydrogen (secondary N) is 1. The Bertz CT molecular complexity index is 906. The Morgan fingerprint density at radius 3 is 2.29 bits per heavy atom. The van der Waals surface area contributed by atoms with Gasteiger partial charge in [-0.25, -0.2) is 0 Å². The molecule has 0 aliphatic carbocycles. The minimum absolute atomic E-state index is 0.207. The molecule has 6 heteroatoms. The second-order valence-electron chi connectivity index (χ2n) is 6.54. The van der Waals surface area contributed by atoms with Gasteiger partial charge in [-0.2, -0.15) is 5.10 Å². The maximum Gasteiger partial charge on any atom is 0.161 e. The van der Waals surface area contributed by atoms with Gasteiger partial charge in [-0.1, -0.05) is 0 Å². The maximum absolute atomic E-state index is 5.48. The first-order valence-electron chi connectivity index (χ1n) is 9.08. The number of methoxy groups -OCH3 is 4. The van der Waals surface area contributed by atoms with Crippen LogP contribution >= 0.6 is 0 Å². The molecule has 1 aliphatic heterocycles. The molecule has 1 heterocycles. The lowest BCUT2D eigenvalue weighted by Gasteiger charge is -2.14. The summed E-state index contributed by atoms with van der Waals surface area (Å²) >= 11 is 0. The molecule has 0 radical (unpaired) electrons. The largest absolute Gasteiger partial charge is 0.497 e. The molecule has 1 N–H and O–H groups in total. The lowest BCUT2D eigenvalue weighted by atomic mass is 9.97. The summed E-state index contributed by atoms with van der Waals surface area (Å²) in [6.07, 6.45) is 4.79. The molecule has 2 aromatic carbocycles. The van der Waals surface area contributed by atoms with E-state index in [1.807, 2.05) is 42.5 Å². The summed E-state index contributed by atoms with van der Waals surface area (Å²) in [6, 6.07) is 9.92. The number of hydrogen-bond donors (Lipinski definition) is 1. The van der Waals surface area contributed by atoms with Crippen LogP contribution in [0, 0.1) is 0 Å². The zero-order chi connectivity index (χ0) is 20.1. The Labute approximate surface area is 165 Å². The highest BCUT2D eigenvalue weighted by atomic mass is 16.5. The summed E-state index contributed by atoms with van der Waals surface area (Å²) in [6.45, 7) is 2.10. The van der Waals surface area contributed by atoms with Gasteiger partial charge in [-0.15, -0.1) is 0 Å². The van der Waals surface area contributed by atoms with Crippen molar-refractivity contribution < 1.29 is 18.9 Å².